The van der Waals surface area contributed by atoms with Gasteiger partial charge in [-0.3, -0.25) is 0 Å². The topological polar surface area (TPSA) is 57.5 Å². The van der Waals surface area contributed by atoms with E-state index >= 15 is 0 Å². The van der Waals surface area contributed by atoms with Gasteiger partial charge in [0.05, 0.1) is 0 Å². The fraction of sp³-hybridized carbons (Fsp3) is 0. The summed E-state index contributed by atoms with van der Waals surface area (Å²) >= 11 is 0. The van der Waals surface area contributed by atoms with Crippen LogP contribution in [0.1, 0.15) is 5.56 Å². The lowest BCUT2D eigenvalue weighted by Crippen LogP contribution is -2.02. The fourth-order valence-corrected chi connectivity index (χ4v) is 0.950. The number of hydrogen-bond donors (Lipinski definition) is 2. The Kier molecular flexibility index (Phi) is 2.74. The molecule has 0 bridgehead atoms. The number of rotatable bonds is 2. The average Bonchev–Trinajstić information content (AvgIpc) is 2.07. The van der Waals surface area contributed by atoms with Gasteiger partial charge in [-0.2, -0.15) is 0 Å². The Morgan fingerprint density at radius 3 is 2.69 bits per heavy atom. The van der Waals surface area contributed by atoms with Crippen LogP contribution >= 0.6 is 0 Å². The second-order valence-electron chi connectivity index (χ2n) is 2.72. The molecule has 0 aromatic heterocycles. The van der Waals surface area contributed by atoms with E-state index in [-0.39, 0.29) is 5.75 Å². The molecule has 0 aliphatic carbocycles. The van der Waals surface area contributed by atoms with Crippen molar-refractivity contribution in [2.75, 3.05) is 0 Å². The molecule has 13 heavy (non-hydrogen) atoms. The molecule has 2 N–H and O–H groups in total. The highest BCUT2D eigenvalue weighted by atomic mass is 16.4. The number of benzene rings is 1. The van der Waals surface area contributed by atoms with E-state index < -0.39 is 5.97 Å². The summed E-state index contributed by atoms with van der Waals surface area (Å²) in [7, 11) is 1.76. The first kappa shape index (κ1) is 9.38. The smallest absolute Gasteiger partial charge is 0.328 e. The standard InChI is InChI=1S/C9H9BO3/c10-7-5-6(1-3-8(7)11)2-4-9(12)13/h1-5,11H,10H2,(H,12,13)/b4-2+. The quantitative estimate of drug-likeness (QED) is 0.482. The molecule has 0 fully saturated rings. The van der Waals surface area contributed by atoms with Crippen LogP contribution in [-0.4, -0.2) is 24.0 Å². The van der Waals surface area contributed by atoms with Gasteiger partial charge in [0.1, 0.15) is 13.6 Å². The van der Waals surface area contributed by atoms with E-state index in [4.69, 9.17) is 5.11 Å². The van der Waals surface area contributed by atoms with E-state index in [0.717, 1.165) is 17.1 Å². The van der Waals surface area contributed by atoms with Gasteiger partial charge < -0.3 is 10.2 Å². The molecule has 0 saturated heterocycles. The van der Waals surface area contributed by atoms with Gasteiger partial charge in [-0.25, -0.2) is 4.79 Å². The minimum Gasteiger partial charge on any atom is -0.509 e. The second kappa shape index (κ2) is 3.80. The molecule has 0 saturated carbocycles. The minimum absolute atomic E-state index is 0.215. The summed E-state index contributed by atoms with van der Waals surface area (Å²) in [4.78, 5) is 10.2. The summed E-state index contributed by atoms with van der Waals surface area (Å²) in [6.07, 6.45) is 2.54. The van der Waals surface area contributed by atoms with Crippen molar-refractivity contribution in [1.29, 1.82) is 0 Å². The summed E-state index contributed by atoms with van der Waals surface area (Å²) in [6, 6.07) is 4.91. The predicted octanol–water partition coefficient (Wildman–Crippen LogP) is -0.252. The molecule has 0 atom stereocenters. The van der Waals surface area contributed by atoms with Gasteiger partial charge in [-0.05, 0) is 23.2 Å². The van der Waals surface area contributed by atoms with Gasteiger partial charge in [0.15, 0.2) is 0 Å². The Labute approximate surface area is 76.7 Å². The summed E-state index contributed by atoms with van der Waals surface area (Å²) < 4.78 is 0. The van der Waals surface area contributed by atoms with Crippen molar-refractivity contribution in [1.82, 2.24) is 0 Å². The minimum atomic E-state index is -0.981. The zero-order valence-electron chi connectivity index (χ0n) is 7.19. The maximum Gasteiger partial charge on any atom is 0.328 e. The summed E-state index contributed by atoms with van der Waals surface area (Å²) in [5.74, 6) is -0.766. The number of phenols is 1. The van der Waals surface area contributed by atoms with Gasteiger partial charge >= 0.3 is 5.97 Å². The first-order valence-electron chi connectivity index (χ1n) is 3.80. The summed E-state index contributed by atoms with van der Waals surface area (Å²) in [5.41, 5.74) is 1.49. The number of aromatic hydroxyl groups is 1. The van der Waals surface area contributed by atoms with Crippen molar-refractivity contribution in [3.05, 3.63) is 29.8 Å². The first-order chi connectivity index (χ1) is 6.09. The van der Waals surface area contributed by atoms with Crippen LogP contribution in [0.5, 0.6) is 5.75 Å². The monoisotopic (exact) mass is 176 g/mol. The van der Waals surface area contributed by atoms with E-state index in [1.807, 2.05) is 0 Å². The van der Waals surface area contributed by atoms with E-state index in [9.17, 15) is 9.90 Å². The fourth-order valence-electron chi connectivity index (χ4n) is 0.950. The summed E-state index contributed by atoms with van der Waals surface area (Å²) in [5, 5.41) is 17.5. The molecule has 4 heteroatoms. The number of carbonyl (C=O) groups is 1. The van der Waals surface area contributed by atoms with Gasteiger partial charge in [-0.1, -0.05) is 12.1 Å². The first-order valence-corrected chi connectivity index (χ1v) is 3.80. The largest absolute Gasteiger partial charge is 0.509 e. The third-order valence-electron chi connectivity index (χ3n) is 1.64. The lowest BCUT2D eigenvalue weighted by atomic mass is 9.93. The lowest BCUT2D eigenvalue weighted by Gasteiger charge is -1.98. The number of carboxylic acid groups (broad SMARTS) is 1. The SMILES string of the molecule is Bc1cc(/C=C/C(=O)O)ccc1O. The Morgan fingerprint density at radius 1 is 1.46 bits per heavy atom. The Morgan fingerprint density at radius 2 is 2.15 bits per heavy atom. The Balaban J connectivity index is 2.92. The van der Waals surface area contributed by atoms with Gasteiger partial charge in [-0.15, -0.1) is 0 Å². The third kappa shape index (κ3) is 2.67. The van der Waals surface area contributed by atoms with Crippen LogP contribution in [0, 0.1) is 0 Å². The van der Waals surface area contributed by atoms with Crippen LogP contribution in [-0.2, 0) is 4.79 Å². The van der Waals surface area contributed by atoms with Gasteiger partial charge in [0.2, 0.25) is 0 Å². The molecule has 3 nitrogen and oxygen atoms in total. The molecule has 0 unspecified atom stereocenters. The van der Waals surface area contributed by atoms with Crippen molar-refractivity contribution in [2.24, 2.45) is 0 Å². The lowest BCUT2D eigenvalue weighted by molar-refractivity contribution is -0.131. The molecular weight excluding hydrogens is 167 g/mol. The zero-order valence-corrected chi connectivity index (χ0v) is 7.19. The van der Waals surface area contributed by atoms with E-state index in [1.165, 1.54) is 12.1 Å². The molecule has 0 spiro atoms. The van der Waals surface area contributed by atoms with Crippen molar-refractivity contribution in [3.8, 4) is 5.75 Å². The van der Waals surface area contributed by atoms with Crippen LogP contribution in [0.25, 0.3) is 6.08 Å². The highest BCUT2D eigenvalue weighted by Crippen LogP contribution is 2.07. The molecule has 1 aromatic rings. The van der Waals surface area contributed by atoms with E-state index in [2.05, 4.69) is 0 Å². The molecule has 0 amide bonds. The van der Waals surface area contributed by atoms with Crippen molar-refractivity contribution >= 4 is 25.4 Å². The van der Waals surface area contributed by atoms with E-state index in [1.54, 1.807) is 20.0 Å². The number of carboxylic acids is 1. The van der Waals surface area contributed by atoms with E-state index in [0.29, 0.717) is 0 Å². The molecule has 0 aliphatic heterocycles. The van der Waals surface area contributed by atoms with Crippen molar-refractivity contribution in [2.45, 2.75) is 0 Å². The average molecular weight is 176 g/mol. The van der Waals surface area contributed by atoms with Crippen molar-refractivity contribution < 1.29 is 15.0 Å². The van der Waals surface area contributed by atoms with Gasteiger partial charge in [0, 0.05) is 6.08 Å². The zero-order chi connectivity index (χ0) is 9.84. The van der Waals surface area contributed by atoms with Crippen LogP contribution in [0.4, 0.5) is 0 Å². The predicted molar refractivity (Wildman–Crippen MR) is 53.0 cm³/mol. The normalized spacial score (nSPS) is 10.5. The maximum absolute atomic E-state index is 10.2. The molecule has 0 radical (unpaired) electrons. The van der Waals surface area contributed by atoms with Crippen molar-refractivity contribution in [3.63, 3.8) is 0 Å². The molecule has 0 aliphatic rings. The Hall–Kier alpha value is -1.71. The molecule has 1 aromatic carbocycles. The number of aliphatic carboxylic acids is 1. The summed E-state index contributed by atoms with van der Waals surface area (Å²) in [6.45, 7) is 0. The van der Waals surface area contributed by atoms with Crippen LogP contribution < -0.4 is 5.46 Å². The van der Waals surface area contributed by atoms with Crippen LogP contribution in [0.3, 0.4) is 0 Å². The number of hydrogen-bond acceptors (Lipinski definition) is 2. The highest BCUT2D eigenvalue weighted by Gasteiger charge is 1.95. The third-order valence-corrected chi connectivity index (χ3v) is 1.64. The van der Waals surface area contributed by atoms with Crippen LogP contribution in [0.15, 0.2) is 24.3 Å². The highest BCUT2D eigenvalue weighted by molar-refractivity contribution is 6.34. The number of phenolic OH excluding ortho intramolecular Hbond substituents is 1. The molecule has 1 rings (SSSR count). The maximum atomic E-state index is 10.2. The van der Waals surface area contributed by atoms with Crippen LogP contribution in [0.2, 0.25) is 0 Å². The molecule has 66 valence electrons. The second-order valence-corrected chi connectivity index (χ2v) is 2.72. The molecule has 0 heterocycles. The van der Waals surface area contributed by atoms with Gasteiger partial charge in [0.25, 0.3) is 0 Å². The molecular formula is C9H9BO3. The Bertz CT molecular complexity index is 358.